The van der Waals surface area contributed by atoms with E-state index in [1.807, 2.05) is 36.0 Å². The Morgan fingerprint density at radius 3 is 1.63 bits per heavy atom. The number of benzene rings is 8. The molecule has 1 aliphatic heterocycles. The fraction of sp³-hybridized carbons (Fsp3) is 0.0196. The lowest BCUT2D eigenvalue weighted by atomic mass is 9.66. The number of hydrogen-bond acceptors (Lipinski definition) is 3. The predicted octanol–water partition coefficient (Wildman–Crippen LogP) is 13.1. The summed E-state index contributed by atoms with van der Waals surface area (Å²) in [4.78, 5) is 12.7. The molecule has 9 aromatic rings. The molecule has 0 atom stereocenters. The van der Waals surface area contributed by atoms with Gasteiger partial charge in [-0.2, -0.15) is 0 Å². The van der Waals surface area contributed by atoms with Crippen LogP contribution in [0, 0.1) is 0 Å². The van der Waals surface area contributed by atoms with Gasteiger partial charge in [-0.25, -0.2) is 9.97 Å². The molecule has 0 bridgehead atoms. The van der Waals surface area contributed by atoms with Crippen molar-refractivity contribution in [3.05, 3.63) is 216 Å². The lowest BCUT2D eigenvalue weighted by Crippen LogP contribution is -2.32. The first-order valence-corrected chi connectivity index (χ1v) is 19.2. The van der Waals surface area contributed by atoms with Gasteiger partial charge in [0.05, 0.1) is 16.8 Å². The zero-order valence-corrected chi connectivity index (χ0v) is 30.1. The zero-order valence-electron chi connectivity index (χ0n) is 29.3. The van der Waals surface area contributed by atoms with E-state index in [0.717, 1.165) is 33.9 Å². The Balaban J connectivity index is 1.07. The predicted molar refractivity (Wildman–Crippen MR) is 223 cm³/mol. The van der Waals surface area contributed by atoms with E-state index in [1.165, 1.54) is 65.1 Å². The van der Waals surface area contributed by atoms with Crippen LogP contribution in [0.15, 0.2) is 204 Å². The van der Waals surface area contributed by atoms with Crippen molar-refractivity contribution in [3.8, 4) is 56.2 Å². The second-order valence-electron chi connectivity index (χ2n) is 14.1. The van der Waals surface area contributed by atoms with Crippen molar-refractivity contribution in [1.29, 1.82) is 0 Å². The van der Waals surface area contributed by atoms with Crippen LogP contribution in [0.1, 0.15) is 22.3 Å². The van der Waals surface area contributed by atoms with Gasteiger partial charge in [0, 0.05) is 26.5 Å². The van der Waals surface area contributed by atoms with Crippen molar-refractivity contribution >= 4 is 22.5 Å². The summed E-state index contributed by atoms with van der Waals surface area (Å²) in [5.41, 5.74) is 14.9. The van der Waals surface area contributed by atoms with E-state index >= 15 is 0 Å². The maximum absolute atomic E-state index is 5.08. The Morgan fingerprint density at radius 1 is 0.370 bits per heavy atom. The van der Waals surface area contributed by atoms with Gasteiger partial charge in [0.1, 0.15) is 0 Å². The molecule has 0 saturated heterocycles. The molecule has 1 spiro atoms. The third kappa shape index (κ3) is 4.68. The van der Waals surface area contributed by atoms with Gasteiger partial charge in [-0.3, -0.25) is 0 Å². The Morgan fingerprint density at radius 2 is 0.926 bits per heavy atom. The van der Waals surface area contributed by atoms with Crippen molar-refractivity contribution in [1.82, 2.24) is 9.97 Å². The summed E-state index contributed by atoms with van der Waals surface area (Å²) in [6.45, 7) is 0. The molecular formula is C51H32N2S. The minimum Gasteiger partial charge on any atom is -0.228 e. The lowest BCUT2D eigenvalue weighted by Gasteiger charge is -2.40. The van der Waals surface area contributed by atoms with Crippen LogP contribution < -0.4 is 0 Å². The third-order valence-corrected chi connectivity index (χ3v) is 12.4. The SMILES string of the molecule is c1ccc(-c2cc(-c3ccc(-c4ccc5c(c4)C4(c6ccccc6-c6ccccc64)c4ccc6ccccc6c4S5)cc3)nc(-c3ccccc3)n2)cc1. The summed E-state index contributed by atoms with van der Waals surface area (Å²) in [5.74, 6) is 0.721. The first-order chi connectivity index (χ1) is 26.8. The molecule has 0 amide bonds. The van der Waals surface area contributed by atoms with Crippen LogP contribution in [0.5, 0.6) is 0 Å². The van der Waals surface area contributed by atoms with Crippen LogP contribution >= 0.6 is 11.8 Å². The Bertz CT molecular complexity index is 2790. The van der Waals surface area contributed by atoms with Gasteiger partial charge in [-0.15, -0.1) is 0 Å². The Labute approximate surface area is 318 Å². The molecule has 0 radical (unpaired) electrons. The first-order valence-electron chi connectivity index (χ1n) is 18.4. The normalized spacial score (nSPS) is 13.3. The summed E-state index contributed by atoms with van der Waals surface area (Å²) in [7, 11) is 0. The number of aromatic nitrogens is 2. The number of rotatable bonds is 4. The fourth-order valence-electron chi connectivity index (χ4n) is 8.71. The summed E-state index contributed by atoms with van der Waals surface area (Å²) in [6, 6.07) is 70.3. The standard InChI is InChI=1S/C51H32N2S/c1-3-14-35(15-4-1)46-32-47(53-50(52-46)37-16-5-2-6-17-37)36-25-23-33(24-26-36)38-28-30-48-45(31-38)51(44-29-27-34-13-7-8-18-39(34)49(44)54-48)42-21-11-9-19-40(42)41-20-10-12-22-43(41)51/h1-32H. The van der Waals surface area contributed by atoms with Crippen LogP contribution in [0.3, 0.4) is 0 Å². The number of fused-ring (bicyclic) bond motifs is 11. The summed E-state index contributed by atoms with van der Waals surface area (Å²) in [5, 5.41) is 2.58. The minimum atomic E-state index is -0.439. The largest absolute Gasteiger partial charge is 0.228 e. The quantitative estimate of drug-likeness (QED) is 0.182. The maximum Gasteiger partial charge on any atom is 0.160 e. The highest BCUT2D eigenvalue weighted by Crippen LogP contribution is 2.63. The van der Waals surface area contributed by atoms with Gasteiger partial charge in [-0.1, -0.05) is 188 Å². The minimum absolute atomic E-state index is 0.439. The van der Waals surface area contributed by atoms with Gasteiger partial charge >= 0.3 is 0 Å². The zero-order chi connectivity index (χ0) is 35.6. The molecule has 11 rings (SSSR count). The van der Waals surface area contributed by atoms with E-state index in [1.54, 1.807) is 0 Å². The topological polar surface area (TPSA) is 25.8 Å². The molecule has 0 unspecified atom stereocenters. The van der Waals surface area contributed by atoms with Crippen molar-refractivity contribution in [2.45, 2.75) is 15.2 Å². The molecule has 2 heterocycles. The van der Waals surface area contributed by atoms with Crippen LogP contribution in [-0.4, -0.2) is 9.97 Å². The smallest absolute Gasteiger partial charge is 0.160 e. The van der Waals surface area contributed by atoms with Gasteiger partial charge in [0.15, 0.2) is 5.82 Å². The second-order valence-corrected chi connectivity index (χ2v) is 15.1. The van der Waals surface area contributed by atoms with E-state index in [0.29, 0.717) is 0 Å². The van der Waals surface area contributed by atoms with E-state index in [4.69, 9.17) is 9.97 Å². The van der Waals surface area contributed by atoms with Crippen molar-refractivity contribution in [3.63, 3.8) is 0 Å². The highest BCUT2D eigenvalue weighted by atomic mass is 32.2. The monoisotopic (exact) mass is 704 g/mol. The highest BCUT2D eigenvalue weighted by molar-refractivity contribution is 7.99. The molecule has 0 N–H and O–H groups in total. The average Bonchev–Trinajstić information content (AvgIpc) is 3.54. The van der Waals surface area contributed by atoms with Gasteiger partial charge in [0.2, 0.25) is 0 Å². The van der Waals surface area contributed by atoms with Crippen molar-refractivity contribution < 1.29 is 0 Å². The van der Waals surface area contributed by atoms with Gasteiger partial charge < -0.3 is 0 Å². The van der Waals surface area contributed by atoms with Crippen LogP contribution in [0.25, 0.3) is 66.9 Å². The molecule has 3 heteroatoms. The van der Waals surface area contributed by atoms with Crippen molar-refractivity contribution in [2.75, 3.05) is 0 Å². The number of nitrogens with zero attached hydrogens (tertiary/aromatic N) is 2. The molecule has 8 aromatic carbocycles. The summed E-state index contributed by atoms with van der Waals surface area (Å²) < 4.78 is 0. The van der Waals surface area contributed by atoms with Gasteiger partial charge in [-0.05, 0) is 73.5 Å². The average molecular weight is 705 g/mol. The molecule has 54 heavy (non-hydrogen) atoms. The molecule has 2 nitrogen and oxygen atoms in total. The van der Waals surface area contributed by atoms with Crippen molar-refractivity contribution in [2.24, 2.45) is 0 Å². The molecule has 2 aliphatic rings. The molecule has 1 aliphatic carbocycles. The Kier molecular flexibility index (Phi) is 7.05. The maximum atomic E-state index is 5.08. The summed E-state index contributed by atoms with van der Waals surface area (Å²) in [6.07, 6.45) is 0. The molecule has 1 aromatic heterocycles. The van der Waals surface area contributed by atoms with Crippen LogP contribution in [-0.2, 0) is 5.41 Å². The highest BCUT2D eigenvalue weighted by Gasteiger charge is 2.50. The van der Waals surface area contributed by atoms with Crippen LogP contribution in [0.4, 0.5) is 0 Å². The molecule has 0 fully saturated rings. The van der Waals surface area contributed by atoms with Crippen LogP contribution in [0.2, 0.25) is 0 Å². The summed E-state index contributed by atoms with van der Waals surface area (Å²) >= 11 is 1.91. The van der Waals surface area contributed by atoms with Gasteiger partial charge in [0.25, 0.3) is 0 Å². The third-order valence-electron chi connectivity index (χ3n) is 11.2. The van der Waals surface area contributed by atoms with E-state index in [2.05, 4.69) is 170 Å². The number of hydrogen-bond donors (Lipinski definition) is 0. The Hall–Kier alpha value is -6.55. The fourth-order valence-corrected chi connectivity index (χ4v) is 10.0. The van der Waals surface area contributed by atoms with E-state index < -0.39 is 5.41 Å². The molecular weight excluding hydrogens is 673 g/mol. The molecule has 0 saturated carbocycles. The second kappa shape index (κ2) is 12.3. The van der Waals surface area contributed by atoms with E-state index in [-0.39, 0.29) is 0 Å². The molecule has 252 valence electrons. The first kappa shape index (κ1) is 31.0. The lowest BCUT2D eigenvalue weighted by molar-refractivity contribution is 0.726. The van der Waals surface area contributed by atoms with E-state index in [9.17, 15) is 0 Å².